The number of aromatic nitrogens is 1. The minimum Gasteiger partial charge on any atom is -0.289 e. The van der Waals surface area contributed by atoms with Gasteiger partial charge in [0.2, 0.25) is 0 Å². The molecule has 5 heteroatoms. The van der Waals surface area contributed by atoms with Gasteiger partial charge in [-0.2, -0.15) is 0 Å². The zero-order chi connectivity index (χ0) is 14.7. The van der Waals surface area contributed by atoms with Gasteiger partial charge in [-0.15, -0.1) is 0 Å². The van der Waals surface area contributed by atoms with Crippen LogP contribution in [0.1, 0.15) is 31.8 Å². The summed E-state index contributed by atoms with van der Waals surface area (Å²) in [6.07, 6.45) is 0. The normalized spacial score (nSPS) is 13.4. The van der Waals surface area contributed by atoms with Crippen LogP contribution in [-0.2, 0) is 7.05 Å². The lowest BCUT2D eigenvalue weighted by atomic mass is 9.84. The van der Waals surface area contributed by atoms with E-state index in [4.69, 9.17) is 0 Å². The molecular formula is C16H9NO3S. The van der Waals surface area contributed by atoms with Gasteiger partial charge in [0.25, 0.3) is 5.56 Å². The Hall–Kier alpha value is -2.53. The second kappa shape index (κ2) is 3.99. The number of nitrogens with zero attached hydrogens (tertiary/aromatic N) is 1. The second-order valence-electron chi connectivity index (χ2n) is 4.96. The molecule has 1 heterocycles. The second-order valence-corrected chi connectivity index (χ2v) is 6.10. The fourth-order valence-electron chi connectivity index (χ4n) is 2.77. The van der Waals surface area contributed by atoms with Crippen molar-refractivity contribution in [2.24, 2.45) is 7.05 Å². The summed E-state index contributed by atoms with van der Waals surface area (Å²) in [6.45, 7) is 0. The maximum atomic E-state index is 12.7. The smallest absolute Gasteiger partial charge is 0.268 e. The highest BCUT2D eigenvalue weighted by Crippen LogP contribution is 2.33. The van der Waals surface area contributed by atoms with Gasteiger partial charge in [0, 0.05) is 23.7 Å². The summed E-state index contributed by atoms with van der Waals surface area (Å²) in [6, 6.07) is 10.0. The average molecular weight is 295 g/mol. The molecule has 4 nitrogen and oxygen atoms in total. The van der Waals surface area contributed by atoms with Crippen LogP contribution >= 0.6 is 11.5 Å². The molecule has 3 aromatic rings. The molecule has 0 saturated heterocycles. The molecule has 0 unspecified atom stereocenters. The van der Waals surface area contributed by atoms with Gasteiger partial charge in [-0.1, -0.05) is 35.8 Å². The number of carbonyl (C=O) groups is 2. The summed E-state index contributed by atoms with van der Waals surface area (Å²) in [5.41, 5.74) is 1.44. The minimum atomic E-state index is -0.187. The highest BCUT2D eigenvalue weighted by Gasteiger charge is 2.32. The largest absolute Gasteiger partial charge is 0.289 e. The number of hydrogen-bond acceptors (Lipinski definition) is 4. The van der Waals surface area contributed by atoms with Crippen LogP contribution in [0.3, 0.4) is 0 Å². The molecule has 0 amide bonds. The Kier molecular flexibility index (Phi) is 2.32. The molecule has 1 aliphatic rings. The van der Waals surface area contributed by atoms with E-state index in [-0.39, 0.29) is 17.1 Å². The summed E-state index contributed by atoms with van der Waals surface area (Å²) in [5, 5.41) is 0.488. The Morgan fingerprint density at radius 2 is 1.52 bits per heavy atom. The van der Waals surface area contributed by atoms with Crippen LogP contribution in [0.2, 0.25) is 0 Å². The van der Waals surface area contributed by atoms with Crippen molar-refractivity contribution in [3.8, 4) is 0 Å². The van der Waals surface area contributed by atoms with Crippen LogP contribution in [0.15, 0.2) is 41.2 Å². The van der Waals surface area contributed by atoms with Crippen LogP contribution in [0.4, 0.5) is 0 Å². The molecule has 102 valence electrons. The highest BCUT2D eigenvalue weighted by atomic mass is 32.1. The third kappa shape index (κ3) is 1.46. The molecule has 4 rings (SSSR count). The van der Waals surface area contributed by atoms with E-state index in [2.05, 4.69) is 0 Å². The molecule has 0 aliphatic heterocycles. The number of benzene rings is 2. The fourth-order valence-corrected chi connectivity index (χ4v) is 3.77. The van der Waals surface area contributed by atoms with E-state index < -0.39 is 0 Å². The van der Waals surface area contributed by atoms with E-state index in [0.717, 1.165) is 0 Å². The standard InChI is InChI=1S/C16H9NO3S/c1-17-16(20)11-7-6-10-12(15(11)21-17)14(19)9-5-3-2-4-8(9)13(10)18/h2-7H,1H3. The predicted molar refractivity (Wildman–Crippen MR) is 80.4 cm³/mol. The monoisotopic (exact) mass is 295 g/mol. The first-order chi connectivity index (χ1) is 10.1. The third-order valence-corrected chi connectivity index (χ3v) is 4.84. The van der Waals surface area contributed by atoms with E-state index in [9.17, 15) is 14.4 Å². The van der Waals surface area contributed by atoms with Crippen molar-refractivity contribution in [3.63, 3.8) is 0 Å². The van der Waals surface area contributed by atoms with Gasteiger partial charge in [-0.05, 0) is 12.1 Å². The molecule has 0 bridgehead atoms. The van der Waals surface area contributed by atoms with Gasteiger partial charge >= 0.3 is 0 Å². The van der Waals surface area contributed by atoms with Crippen molar-refractivity contribution in [2.75, 3.05) is 0 Å². The Labute approximate surface area is 123 Å². The van der Waals surface area contributed by atoms with Crippen molar-refractivity contribution in [1.82, 2.24) is 3.96 Å². The number of fused-ring (bicyclic) bond motifs is 4. The van der Waals surface area contributed by atoms with Crippen molar-refractivity contribution in [3.05, 3.63) is 69.0 Å². The van der Waals surface area contributed by atoms with E-state index in [1.165, 1.54) is 15.5 Å². The number of aryl methyl sites for hydroxylation is 1. The molecule has 0 atom stereocenters. The number of ketones is 2. The lowest BCUT2D eigenvalue weighted by molar-refractivity contribution is 0.0980. The van der Waals surface area contributed by atoms with Crippen LogP contribution in [0.5, 0.6) is 0 Å². The SMILES string of the molecule is Cn1sc2c3c(ccc2c1=O)C(=O)c1ccccc1C3=O. The summed E-state index contributed by atoms with van der Waals surface area (Å²) >= 11 is 1.20. The summed E-state index contributed by atoms with van der Waals surface area (Å²) in [4.78, 5) is 37.3. The average Bonchev–Trinajstić information content (AvgIpc) is 2.79. The first kappa shape index (κ1) is 12.2. The number of rotatable bonds is 0. The summed E-state index contributed by atoms with van der Waals surface area (Å²) in [7, 11) is 1.66. The quantitative estimate of drug-likeness (QED) is 0.500. The lowest BCUT2D eigenvalue weighted by Crippen LogP contribution is -2.21. The molecular weight excluding hydrogens is 286 g/mol. The summed E-state index contributed by atoms with van der Waals surface area (Å²) in [5.74, 6) is -0.349. The van der Waals surface area contributed by atoms with Crippen LogP contribution in [0.25, 0.3) is 10.1 Å². The molecule has 1 aliphatic carbocycles. The molecule has 0 spiro atoms. The molecule has 0 saturated carbocycles. The minimum absolute atomic E-state index is 0.142. The van der Waals surface area contributed by atoms with Gasteiger partial charge in [0.05, 0.1) is 15.6 Å². The van der Waals surface area contributed by atoms with Crippen LogP contribution in [0, 0.1) is 0 Å². The van der Waals surface area contributed by atoms with Crippen LogP contribution < -0.4 is 5.56 Å². The van der Waals surface area contributed by atoms with Crippen molar-refractivity contribution in [1.29, 1.82) is 0 Å². The molecule has 1 aromatic heterocycles. The van der Waals surface area contributed by atoms with Crippen molar-refractivity contribution < 1.29 is 9.59 Å². The Morgan fingerprint density at radius 3 is 2.24 bits per heavy atom. The molecule has 2 aromatic carbocycles. The Bertz CT molecular complexity index is 1010. The maximum absolute atomic E-state index is 12.7. The summed E-state index contributed by atoms with van der Waals surface area (Å²) < 4.78 is 2.07. The molecule has 0 radical (unpaired) electrons. The van der Waals surface area contributed by atoms with Gasteiger partial charge in [-0.25, -0.2) is 0 Å². The Morgan fingerprint density at radius 1 is 0.857 bits per heavy atom. The fraction of sp³-hybridized carbons (Fsp3) is 0.0625. The van der Waals surface area contributed by atoms with E-state index >= 15 is 0 Å². The van der Waals surface area contributed by atoms with Gasteiger partial charge in [0.15, 0.2) is 11.6 Å². The Balaban J connectivity index is 2.16. The molecule has 21 heavy (non-hydrogen) atoms. The topological polar surface area (TPSA) is 56.1 Å². The highest BCUT2D eigenvalue weighted by molar-refractivity contribution is 7.14. The molecule has 0 N–H and O–H groups in total. The zero-order valence-electron chi connectivity index (χ0n) is 11.0. The van der Waals surface area contributed by atoms with E-state index in [1.807, 2.05) is 0 Å². The first-order valence-corrected chi connectivity index (χ1v) is 7.18. The first-order valence-electron chi connectivity index (χ1n) is 6.41. The van der Waals surface area contributed by atoms with Gasteiger partial charge < -0.3 is 0 Å². The van der Waals surface area contributed by atoms with Gasteiger partial charge in [-0.3, -0.25) is 18.3 Å². The molecule has 0 fully saturated rings. The zero-order valence-corrected chi connectivity index (χ0v) is 11.9. The lowest BCUT2D eigenvalue weighted by Gasteiger charge is -2.17. The number of hydrogen-bond donors (Lipinski definition) is 0. The van der Waals surface area contributed by atoms with Crippen molar-refractivity contribution in [2.45, 2.75) is 0 Å². The van der Waals surface area contributed by atoms with Crippen molar-refractivity contribution >= 4 is 33.2 Å². The van der Waals surface area contributed by atoms with E-state index in [0.29, 0.717) is 32.3 Å². The predicted octanol–water partition coefficient (Wildman–Crippen LogP) is 2.38. The van der Waals surface area contributed by atoms with E-state index in [1.54, 1.807) is 43.4 Å². The maximum Gasteiger partial charge on any atom is 0.268 e. The third-order valence-electron chi connectivity index (χ3n) is 3.79. The number of carbonyl (C=O) groups excluding carboxylic acids is 2. The van der Waals surface area contributed by atoms with Crippen LogP contribution in [-0.4, -0.2) is 15.5 Å². The van der Waals surface area contributed by atoms with Gasteiger partial charge in [0.1, 0.15) is 0 Å².